The molecule has 0 spiro atoms. The van der Waals surface area contributed by atoms with Crippen molar-refractivity contribution in [2.45, 2.75) is 16.5 Å². The van der Waals surface area contributed by atoms with Crippen LogP contribution in [0, 0.1) is 0 Å². The molecule has 4 nitrogen and oxygen atoms in total. The Morgan fingerprint density at radius 1 is 1.19 bits per heavy atom. The SMILES string of the molecule is O=S(=O)(NCC(CCO)c1ccccc1)c1ccc(Br)s1. The Balaban J connectivity index is 2.08. The second-order valence-corrected chi connectivity index (χ2v) is 8.99. The molecule has 0 saturated heterocycles. The van der Waals surface area contributed by atoms with E-state index >= 15 is 0 Å². The summed E-state index contributed by atoms with van der Waals surface area (Å²) in [7, 11) is -3.50. The van der Waals surface area contributed by atoms with Gasteiger partial charge in [-0.15, -0.1) is 11.3 Å². The van der Waals surface area contributed by atoms with Gasteiger partial charge in [0, 0.05) is 13.2 Å². The molecule has 114 valence electrons. The molecule has 2 aromatic rings. The number of aliphatic hydroxyl groups excluding tert-OH is 1. The van der Waals surface area contributed by atoms with Crippen LogP contribution in [-0.2, 0) is 10.0 Å². The van der Waals surface area contributed by atoms with E-state index in [4.69, 9.17) is 5.11 Å². The van der Waals surface area contributed by atoms with Crippen LogP contribution in [0.1, 0.15) is 17.9 Å². The van der Waals surface area contributed by atoms with Crippen LogP contribution in [-0.4, -0.2) is 26.7 Å². The Morgan fingerprint density at radius 3 is 2.48 bits per heavy atom. The third kappa shape index (κ3) is 4.62. The molecule has 0 radical (unpaired) electrons. The molecular formula is C14H16BrNO3S2. The molecule has 0 fully saturated rings. The second-order valence-electron chi connectivity index (χ2n) is 4.53. The molecule has 1 aromatic heterocycles. The first kappa shape index (κ1) is 16.6. The molecule has 0 aliphatic carbocycles. The first-order chi connectivity index (χ1) is 10.0. The highest BCUT2D eigenvalue weighted by Gasteiger charge is 2.19. The Labute approximate surface area is 137 Å². The lowest BCUT2D eigenvalue weighted by atomic mass is 9.96. The van der Waals surface area contributed by atoms with Gasteiger partial charge in [-0.1, -0.05) is 30.3 Å². The fourth-order valence-corrected chi connectivity index (χ4v) is 5.13. The van der Waals surface area contributed by atoms with E-state index in [0.29, 0.717) is 6.42 Å². The van der Waals surface area contributed by atoms with Crippen molar-refractivity contribution in [2.24, 2.45) is 0 Å². The van der Waals surface area contributed by atoms with E-state index in [2.05, 4.69) is 20.7 Å². The summed E-state index contributed by atoms with van der Waals surface area (Å²) in [6, 6.07) is 12.9. The average molecular weight is 390 g/mol. The number of sulfonamides is 1. The minimum absolute atomic E-state index is 0.0197. The lowest BCUT2D eigenvalue weighted by molar-refractivity contribution is 0.275. The van der Waals surface area contributed by atoms with Crippen molar-refractivity contribution in [1.82, 2.24) is 4.72 Å². The van der Waals surface area contributed by atoms with Gasteiger partial charge in [-0.25, -0.2) is 13.1 Å². The third-order valence-electron chi connectivity index (χ3n) is 3.08. The van der Waals surface area contributed by atoms with Crippen molar-refractivity contribution in [3.63, 3.8) is 0 Å². The smallest absolute Gasteiger partial charge is 0.250 e. The van der Waals surface area contributed by atoms with Crippen LogP contribution < -0.4 is 4.72 Å². The molecule has 0 saturated carbocycles. The number of halogens is 1. The summed E-state index contributed by atoms with van der Waals surface area (Å²) in [5, 5.41) is 9.17. The minimum atomic E-state index is -3.50. The molecule has 2 rings (SSSR count). The topological polar surface area (TPSA) is 66.4 Å². The van der Waals surface area contributed by atoms with Crippen LogP contribution >= 0.6 is 27.3 Å². The van der Waals surface area contributed by atoms with E-state index in [-0.39, 0.29) is 23.3 Å². The van der Waals surface area contributed by atoms with Gasteiger partial charge in [0.1, 0.15) is 4.21 Å². The molecule has 2 N–H and O–H groups in total. The Hall–Kier alpha value is -0.730. The zero-order valence-corrected chi connectivity index (χ0v) is 14.4. The maximum absolute atomic E-state index is 12.2. The fourth-order valence-electron chi connectivity index (χ4n) is 1.99. The van der Waals surface area contributed by atoms with Crippen molar-refractivity contribution >= 4 is 37.3 Å². The van der Waals surface area contributed by atoms with Gasteiger partial charge in [0.15, 0.2) is 0 Å². The van der Waals surface area contributed by atoms with E-state index in [9.17, 15) is 8.42 Å². The zero-order valence-electron chi connectivity index (χ0n) is 11.2. The van der Waals surface area contributed by atoms with Gasteiger partial charge in [0.25, 0.3) is 0 Å². The monoisotopic (exact) mass is 389 g/mol. The van der Waals surface area contributed by atoms with E-state index in [1.54, 1.807) is 12.1 Å². The highest BCUT2D eigenvalue weighted by atomic mass is 79.9. The summed E-state index contributed by atoms with van der Waals surface area (Å²) < 4.78 is 28.1. The van der Waals surface area contributed by atoms with Gasteiger partial charge in [0.05, 0.1) is 3.79 Å². The number of hydrogen-bond acceptors (Lipinski definition) is 4. The van der Waals surface area contributed by atoms with Crippen molar-refractivity contribution in [3.8, 4) is 0 Å². The Kier molecular flexibility index (Phi) is 5.95. The standard InChI is InChI=1S/C14H16BrNO3S2/c15-13-6-7-14(20-13)21(18,19)16-10-12(8-9-17)11-4-2-1-3-5-11/h1-7,12,16-17H,8-10H2. The van der Waals surface area contributed by atoms with Crippen molar-refractivity contribution in [3.05, 3.63) is 51.8 Å². The quantitative estimate of drug-likeness (QED) is 0.764. The predicted octanol–water partition coefficient (Wildman–Crippen LogP) is 2.96. The predicted molar refractivity (Wildman–Crippen MR) is 88.1 cm³/mol. The van der Waals surface area contributed by atoms with E-state index in [1.807, 2.05) is 30.3 Å². The van der Waals surface area contributed by atoms with Crippen LogP contribution in [0.4, 0.5) is 0 Å². The van der Waals surface area contributed by atoms with Gasteiger partial charge in [-0.3, -0.25) is 0 Å². The summed E-state index contributed by atoms with van der Waals surface area (Å²) in [5.74, 6) is -0.0469. The third-order valence-corrected chi connectivity index (χ3v) is 6.62. The summed E-state index contributed by atoms with van der Waals surface area (Å²) >= 11 is 4.43. The maximum Gasteiger partial charge on any atom is 0.250 e. The Bertz CT molecular complexity index is 671. The maximum atomic E-state index is 12.2. The number of hydrogen-bond donors (Lipinski definition) is 2. The molecule has 7 heteroatoms. The summed E-state index contributed by atoms with van der Waals surface area (Å²) in [6.45, 7) is 0.286. The van der Waals surface area contributed by atoms with E-state index < -0.39 is 10.0 Å². The summed E-state index contributed by atoms with van der Waals surface area (Å²) in [5.41, 5.74) is 1.02. The van der Waals surface area contributed by atoms with Crippen LogP contribution in [0.5, 0.6) is 0 Å². The first-order valence-corrected chi connectivity index (χ1v) is 9.53. The molecule has 1 aromatic carbocycles. The average Bonchev–Trinajstić information content (AvgIpc) is 2.92. The van der Waals surface area contributed by atoms with Crippen molar-refractivity contribution < 1.29 is 13.5 Å². The van der Waals surface area contributed by atoms with Gasteiger partial charge >= 0.3 is 0 Å². The van der Waals surface area contributed by atoms with Gasteiger partial charge in [0.2, 0.25) is 10.0 Å². The molecule has 0 aliphatic rings. The molecule has 0 amide bonds. The minimum Gasteiger partial charge on any atom is -0.396 e. The van der Waals surface area contributed by atoms with Gasteiger partial charge in [-0.2, -0.15) is 0 Å². The lowest BCUT2D eigenvalue weighted by Gasteiger charge is -2.16. The zero-order chi connectivity index (χ0) is 15.3. The summed E-state index contributed by atoms with van der Waals surface area (Å²) in [6.07, 6.45) is 0.515. The number of rotatable bonds is 7. The van der Waals surface area contributed by atoms with Crippen LogP contribution in [0.2, 0.25) is 0 Å². The molecule has 0 aliphatic heterocycles. The van der Waals surface area contributed by atoms with Gasteiger partial charge in [-0.05, 0) is 46.0 Å². The van der Waals surface area contributed by atoms with Crippen LogP contribution in [0.25, 0.3) is 0 Å². The molecule has 21 heavy (non-hydrogen) atoms. The number of nitrogens with one attached hydrogen (secondary N) is 1. The van der Waals surface area contributed by atoms with E-state index in [1.165, 1.54) is 11.3 Å². The van der Waals surface area contributed by atoms with Crippen LogP contribution in [0.15, 0.2) is 50.5 Å². The van der Waals surface area contributed by atoms with Crippen molar-refractivity contribution in [1.29, 1.82) is 0 Å². The highest BCUT2D eigenvalue weighted by Crippen LogP contribution is 2.26. The molecule has 0 bridgehead atoms. The van der Waals surface area contributed by atoms with E-state index in [0.717, 1.165) is 9.35 Å². The van der Waals surface area contributed by atoms with Crippen molar-refractivity contribution in [2.75, 3.05) is 13.2 Å². The molecule has 1 heterocycles. The largest absolute Gasteiger partial charge is 0.396 e. The number of benzene rings is 1. The second kappa shape index (κ2) is 7.51. The van der Waals surface area contributed by atoms with Crippen LogP contribution in [0.3, 0.4) is 0 Å². The summed E-state index contributed by atoms with van der Waals surface area (Å²) in [4.78, 5) is 0. The normalized spacial score (nSPS) is 13.2. The van der Waals surface area contributed by atoms with Gasteiger partial charge < -0.3 is 5.11 Å². The fraction of sp³-hybridized carbons (Fsp3) is 0.286. The Morgan fingerprint density at radius 2 is 1.90 bits per heavy atom. The highest BCUT2D eigenvalue weighted by molar-refractivity contribution is 9.11. The number of thiophene rings is 1. The molecule has 1 unspecified atom stereocenters. The molecule has 1 atom stereocenters. The lowest BCUT2D eigenvalue weighted by Crippen LogP contribution is -2.28. The first-order valence-electron chi connectivity index (χ1n) is 6.44. The number of aliphatic hydroxyl groups is 1. The molecular weight excluding hydrogens is 374 g/mol.